The lowest BCUT2D eigenvalue weighted by molar-refractivity contribution is -0.138. The van der Waals surface area contributed by atoms with E-state index in [-0.39, 0.29) is 51.4 Å². The molecule has 0 saturated carbocycles. The molecular weight excluding hydrogens is 1080 g/mol. The molecule has 0 saturated heterocycles. The van der Waals surface area contributed by atoms with E-state index in [9.17, 15) is 79.2 Å². The third-order valence-corrected chi connectivity index (χ3v) is 13.8. The average Bonchev–Trinajstić information content (AvgIpc) is 3.11. The molecule has 0 atom stereocenters. The van der Waals surface area contributed by atoms with Gasteiger partial charge in [0.15, 0.2) is 0 Å². The van der Waals surface area contributed by atoms with Crippen molar-refractivity contribution in [2.24, 2.45) is 0 Å². The first-order valence-corrected chi connectivity index (χ1v) is 28.1. The Morgan fingerprint density at radius 1 is 0.202 bits per heavy atom. The molecule has 84 heavy (non-hydrogen) atoms. The van der Waals surface area contributed by atoms with E-state index in [1.54, 1.807) is 0 Å². The second-order valence-electron chi connectivity index (χ2n) is 20.2. The van der Waals surface area contributed by atoms with E-state index in [4.69, 9.17) is 0 Å². The summed E-state index contributed by atoms with van der Waals surface area (Å²) < 4.78 is 0. The minimum absolute atomic E-state index is 0.0617. The highest BCUT2D eigenvalue weighted by molar-refractivity contribution is 5.83. The number of carboxylic acid groups (broad SMARTS) is 8. The zero-order valence-electron chi connectivity index (χ0n) is 47.0. The van der Waals surface area contributed by atoms with Crippen molar-refractivity contribution < 1.29 is 79.2 Å². The largest absolute Gasteiger partial charge is 0.481 e. The van der Waals surface area contributed by atoms with E-state index in [0.29, 0.717) is 104 Å². The molecule has 5 rings (SSSR count). The first kappa shape index (κ1) is 65.5. The van der Waals surface area contributed by atoms with Gasteiger partial charge in [-0.05, 0) is 173 Å². The van der Waals surface area contributed by atoms with Gasteiger partial charge in [-0.2, -0.15) is 0 Å². The number of hydrogen-bond donors (Lipinski definition) is 8. The summed E-state index contributed by atoms with van der Waals surface area (Å²) in [4.78, 5) is 104. The van der Waals surface area contributed by atoms with Gasteiger partial charge in [0.25, 0.3) is 0 Å². The van der Waals surface area contributed by atoms with Gasteiger partial charge >= 0.3 is 47.8 Å². The molecule has 8 N–H and O–H groups in total. The lowest BCUT2D eigenvalue weighted by atomic mass is 10.1. The zero-order chi connectivity index (χ0) is 61.0. The van der Waals surface area contributed by atoms with Gasteiger partial charge in [0.1, 0.15) is 0 Å². The van der Waals surface area contributed by atoms with Crippen molar-refractivity contribution in [2.45, 2.75) is 103 Å². The third kappa shape index (κ3) is 22.5. The SMILES string of the molecule is O=C(O)CCCN(CCCC(=O)O)c1ccc(N(c2ccc(N(CCCC(=O)O)CCCC(=O)O)cc2)c2ccc(N(c3ccc(N(CCCC(=O)O)CCCC(=O)O)cc3)c3ccc(N(CCCC(=O)O)CCCC(=O)O)cc3)cc2)cc1. The highest BCUT2D eigenvalue weighted by Gasteiger charge is 2.21. The fraction of sp³-hybridized carbons (Fsp3) is 0.387. The number of aliphatic carboxylic acids is 8. The summed E-state index contributed by atoms with van der Waals surface area (Å²) in [5, 5.41) is 75.0. The summed E-state index contributed by atoms with van der Waals surface area (Å²) in [7, 11) is 0. The summed E-state index contributed by atoms with van der Waals surface area (Å²) >= 11 is 0. The van der Waals surface area contributed by atoms with Crippen LogP contribution in [0.5, 0.6) is 0 Å². The lowest BCUT2D eigenvalue weighted by Gasteiger charge is -2.31. The van der Waals surface area contributed by atoms with E-state index < -0.39 is 47.8 Å². The molecule has 450 valence electrons. The maximum atomic E-state index is 11.5. The monoisotopic (exact) mass is 1160 g/mol. The third-order valence-electron chi connectivity index (χ3n) is 13.8. The second-order valence-corrected chi connectivity index (χ2v) is 20.2. The van der Waals surface area contributed by atoms with Gasteiger partial charge < -0.3 is 70.3 Å². The van der Waals surface area contributed by atoms with Crippen LogP contribution < -0.4 is 29.4 Å². The summed E-state index contributed by atoms with van der Waals surface area (Å²) in [5.74, 6) is -7.51. The number of benzene rings is 5. The van der Waals surface area contributed by atoms with Crippen LogP contribution in [0.15, 0.2) is 121 Å². The van der Waals surface area contributed by atoms with Crippen LogP contribution >= 0.6 is 0 Å². The molecule has 22 nitrogen and oxygen atoms in total. The molecule has 0 heterocycles. The second kappa shape index (κ2) is 34.2. The summed E-state index contributed by atoms with van der Waals surface area (Å²) in [6, 6.07) is 38.3. The van der Waals surface area contributed by atoms with Crippen LogP contribution in [0.4, 0.5) is 56.9 Å². The molecule has 5 aromatic rings. The molecule has 0 fully saturated rings. The lowest BCUT2D eigenvalue weighted by Crippen LogP contribution is -2.27. The molecule has 22 heteroatoms. The van der Waals surface area contributed by atoms with Crippen LogP contribution in [-0.2, 0) is 38.4 Å². The standard InChI is InChI=1S/C62H76N6O16/c69-55(70)9-1-37-63(38-2-10-56(71)72)45-17-25-49(26-18-45)67(50-27-19-46(20-28-50)64(39-3-11-57(73)74)40-4-12-58(75)76)53-33-35-54(36-34-53)68(51-29-21-47(22-30-51)65(41-5-13-59(77)78)42-6-14-60(79)80)52-31-23-48(24-32-52)66(43-7-15-61(81)82)44-8-16-62(83)84/h17-36H,1-16,37-44H2,(H,69,70)(H,71,72)(H,73,74)(H,75,76)(H,77,78)(H,79,80)(H,81,82)(H,83,84). The smallest absolute Gasteiger partial charge is 0.303 e. The molecule has 0 spiro atoms. The minimum atomic E-state index is -0.939. The number of carboxylic acids is 8. The Labute approximate surface area is 488 Å². The highest BCUT2D eigenvalue weighted by atomic mass is 16.4. The summed E-state index contributed by atoms with van der Waals surface area (Å²) in [5.41, 5.74) is 7.41. The van der Waals surface area contributed by atoms with Crippen molar-refractivity contribution in [3.05, 3.63) is 121 Å². The van der Waals surface area contributed by atoms with E-state index in [0.717, 1.165) is 56.9 Å². The van der Waals surface area contributed by atoms with Crippen molar-refractivity contribution >= 4 is 105 Å². The molecule has 0 aliphatic carbocycles. The molecule has 0 aliphatic rings. The van der Waals surface area contributed by atoms with Crippen molar-refractivity contribution in [3.8, 4) is 0 Å². The van der Waals surface area contributed by atoms with Crippen LogP contribution in [0, 0.1) is 0 Å². The minimum Gasteiger partial charge on any atom is -0.481 e. The molecule has 0 aromatic heterocycles. The van der Waals surface area contributed by atoms with Crippen LogP contribution in [-0.4, -0.2) is 141 Å². The Bertz CT molecular complexity index is 2470. The highest BCUT2D eigenvalue weighted by Crippen LogP contribution is 2.41. The molecule has 0 aliphatic heterocycles. The molecule has 0 radical (unpaired) electrons. The van der Waals surface area contributed by atoms with Crippen LogP contribution in [0.25, 0.3) is 0 Å². The fourth-order valence-electron chi connectivity index (χ4n) is 9.74. The number of nitrogens with zero attached hydrogens (tertiary/aromatic N) is 6. The van der Waals surface area contributed by atoms with Crippen LogP contribution in [0.1, 0.15) is 103 Å². The molecule has 0 unspecified atom stereocenters. The van der Waals surface area contributed by atoms with E-state index in [1.165, 1.54) is 0 Å². The zero-order valence-corrected chi connectivity index (χ0v) is 47.0. The maximum Gasteiger partial charge on any atom is 0.303 e. The Hall–Kier alpha value is -9.34. The van der Waals surface area contributed by atoms with Gasteiger partial charge in [-0.25, -0.2) is 0 Å². The van der Waals surface area contributed by atoms with Gasteiger partial charge in [0.05, 0.1) is 0 Å². The molecular formula is C62H76N6O16. The van der Waals surface area contributed by atoms with Gasteiger partial charge in [0, 0.05) is 161 Å². The van der Waals surface area contributed by atoms with Gasteiger partial charge in [-0.1, -0.05) is 0 Å². The Morgan fingerprint density at radius 2 is 0.310 bits per heavy atom. The number of carbonyl (C=O) groups is 8. The predicted octanol–water partition coefficient (Wildman–Crippen LogP) is 10.8. The Balaban J connectivity index is 1.62. The van der Waals surface area contributed by atoms with Crippen molar-refractivity contribution in [1.29, 1.82) is 0 Å². The first-order valence-electron chi connectivity index (χ1n) is 28.1. The quantitative estimate of drug-likeness (QED) is 0.0180. The Morgan fingerprint density at radius 3 is 0.417 bits per heavy atom. The van der Waals surface area contributed by atoms with E-state index in [2.05, 4.69) is 0 Å². The van der Waals surface area contributed by atoms with Gasteiger partial charge in [-0.3, -0.25) is 38.4 Å². The van der Waals surface area contributed by atoms with Gasteiger partial charge in [-0.15, -0.1) is 0 Å². The summed E-state index contributed by atoms with van der Waals surface area (Å²) in [6.45, 7) is 3.04. The number of hydrogen-bond acceptors (Lipinski definition) is 14. The summed E-state index contributed by atoms with van der Waals surface area (Å²) in [6.07, 6.45) is 2.23. The fourth-order valence-corrected chi connectivity index (χ4v) is 9.74. The van der Waals surface area contributed by atoms with Crippen LogP contribution in [0.2, 0.25) is 0 Å². The van der Waals surface area contributed by atoms with E-state index in [1.807, 2.05) is 151 Å². The molecule has 0 bridgehead atoms. The van der Waals surface area contributed by atoms with Crippen molar-refractivity contribution in [1.82, 2.24) is 0 Å². The molecule has 5 aromatic carbocycles. The van der Waals surface area contributed by atoms with Crippen molar-refractivity contribution in [2.75, 3.05) is 81.8 Å². The average molecular weight is 1160 g/mol. The maximum absolute atomic E-state index is 11.5. The number of rotatable bonds is 42. The topological polar surface area (TPSA) is 318 Å². The van der Waals surface area contributed by atoms with Crippen LogP contribution in [0.3, 0.4) is 0 Å². The first-order chi connectivity index (χ1) is 40.3. The normalized spacial score (nSPS) is 10.9. The number of anilines is 10. The predicted molar refractivity (Wildman–Crippen MR) is 320 cm³/mol. The molecule has 0 amide bonds. The van der Waals surface area contributed by atoms with Crippen molar-refractivity contribution in [3.63, 3.8) is 0 Å². The van der Waals surface area contributed by atoms with Gasteiger partial charge in [0.2, 0.25) is 0 Å². The Kier molecular flexibility index (Phi) is 26.6. The van der Waals surface area contributed by atoms with E-state index >= 15 is 0 Å².